The SMILES string of the molecule is O=C(NCCCC1CCN(C(=O)CCc2cccc(C(F)(F)F)c2)CC1)C1=Cc2cnc3cccc(n23)S1. The van der Waals surface area contributed by atoms with Gasteiger partial charge in [-0.1, -0.05) is 36.0 Å². The molecule has 1 saturated heterocycles. The number of carbonyl (C=O) groups is 2. The standard InChI is InChI=1S/C28H29F3N4O2S/c29-28(30,31)21-6-1-4-20(16-21)9-10-25(36)34-14-11-19(12-15-34)5-3-13-32-27(37)23-17-22-18-33-24-7-2-8-26(38-23)35(22)24/h1-2,4,6-8,16-19H,3,5,9-15H2,(H,32,37). The number of imidazole rings is 1. The maximum absolute atomic E-state index is 12.9. The molecule has 38 heavy (non-hydrogen) atoms. The summed E-state index contributed by atoms with van der Waals surface area (Å²) in [6.07, 6.45) is 3.42. The molecule has 6 nitrogen and oxygen atoms in total. The third kappa shape index (κ3) is 6.06. The summed E-state index contributed by atoms with van der Waals surface area (Å²) in [4.78, 5) is 32.2. The minimum Gasteiger partial charge on any atom is -0.352 e. The van der Waals surface area contributed by atoms with Crippen LogP contribution in [0.3, 0.4) is 0 Å². The molecule has 0 atom stereocenters. The summed E-state index contributed by atoms with van der Waals surface area (Å²) < 4.78 is 40.7. The number of hydrogen-bond acceptors (Lipinski definition) is 4. The molecule has 0 radical (unpaired) electrons. The zero-order valence-corrected chi connectivity index (χ0v) is 21.7. The number of nitrogens with zero attached hydrogens (tertiary/aromatic N) is 3. The normalized spacial score (nSPS) is 16.0. The zero-order chi connectivity index (χ0) is 26.7. The van der Waals surface area contributed by atoms with Crippen LogP contribution in [0.2, 0.25) is 0 Å². The first kappa shape index (κ1) is 26.3. The van der Waals surface area contributed by atoms with Crippen molar-refractivity contribution in [2.45, 2.75) is 49.7 Å². The Balaban J connectivity index is 1.00. The topological polar surface area (TPSA) is 66.7 Å². The number of hydrogen-bond donors (Lipinski definition) is 1. The first-order valence-corrected chi connectivity index (χ1v) is 13.7. The Morgan fingerprint density at radius 1 is 1.11 bits per heavy atom. The number of thioether (sulfide) groups is 1. The highest BCUT2D eigenvalue weighted by molar-refractivity contribution is 8.04. The number of aromatic nitrogens is 2. The monoisotopic (exact) mass is 542 g/mol. The smallest absolute Gasteiger partial charge is 0.352 e. The minimum absolute atomic E-state index is 0.0107. The molecule has 1 fully saturated rings. The van der Waals surface area contributed by atoms with Crippen LogP contribution in [-0.2, 0) is 22.2 Å². The lowest BCUT2D eigenvalue weighted by molar-refractivity contribution is -0.137. The molecule has 0 spiro atoms. The maximum atomic E-state index is 12.9. The van der Waals surface area contributed by atoms with Crippen LogP contribution in [0, 0.1) is 5.92 Å². The molecular formula is C28H29F3N4O2S. The van der Waals surface area contributed by atoms with E-state index in [0.717, 1.165) is 54.2 Å². The molecule has 4 heterocycles. The van der Waals surface area contributed by atoms with Crippen molar-refractivity contribution in [1.82, 2.24) is 19.6 Å². The molecule has 0 bridgehead atoms. The van der Waals surface area contributed by atoms with Crippen LogP contribution in [0.4, 0.5) is 13.2 Å². The molecule has 2 aliphatic rings. The lowest BCUT2D eigenvalue weighted by Crippen LogP contribution is -2.38. The predicted molar refractivity (Wildman–Crippen MR) is 140 cm³/mol. The number of carbonyl (C=O) groups excluding carboxylic acids is 2. The van der Waals surface area contributed by atoms with Gasteiger partial charge in [-0.05, 0) is 67.9 Å². The van der Waals surface area contributed by atoms with Crippen LogP contribution in [0.25, 0.3) is 11.7 Å². The fourth-order valence-electron chi connectivity index (χ4n) is 5.06. The molecule has 1 N–H and O–H groups in total. The third-order valence-electron chi connectivity index (χ3n) is 7.16. The molecule has 0 unspecified atom stereocenters. The summed E-state index contributed by atoms with van der Waals surface area (Å²) in [7, 11) is 0. The van der Waals surface area contributed by atoms with Gasteiger partial charge < -0.3 is 10.2 Å². The Kier molecular flexibility index (Phi) is 7.78. The predicted octanol–water partition coefficient (Wildman–Crippen LogP) is 5.57. The quantitative estimate of drug-likeness (QED) is 0.378. The number of rotatable bonds is 8. The van der Waals surface area contributed by atoms with Crippen LogP contribution in [0.15, 0.2) is 58.6 Å². The van der Waals surface area contributed by atoms with E-state index in [1.807, 2.05) is 33.6 Å². The Morgan fingerprint density at radius 3 is 2.68 bits per heavy atom. The van der Waals surface area contributed by atoms with Crippen molar-refractivity contribution in [3.8, 4) is 0 Å². The maximum Gasteiger partial charge on any atom is 0.416 e. The van der Waals surface area contributed by atoms with Crippen LogP contribution in [0.1, 0.15) is 48.9 Å². The van der Waals surface area contributed by atoms with Crippen molar-refractivity contribution in [2.75, 3.05) is 19.6 Å². The highest BCUT2D eigenvalue weighted by Gasteiger charge is 2.30. The van der Waals surface area contributed by atoms with E-state index in [2.05, 4.69) is 10.3 Å². The fraction of sp³-hybridized carbons (Fsp3) is 0.393. The number of amides is 2. The fourth-order valence-corrected chi connectivity index (χ4v) is 6.07. The molecule has 1 aromatic carbocycles. The summed E-state index contributed by atoms with van der Waals surface area (Å²) in [6, 6.07) is 11.0. The number of alkyl halides is 3. The van der Waals surface area contributed by atoms with Crippen LogP contribution in [-0.4, -0.2) is 45.7 Å². The van der Waals surface area contributed by atoms with Gasteiger partial charge in [0.25, 0.3) is 5.91 Å². The number of piperidine rings is 1. The van der Waals surface area contributed by atoms with Crippen molar-refractivity contribution in [2.24, 2.45) is 5.92 Å². The van der Waals surface area contributed by atoms with Gasteiger partial charge in [-0.15, -0.1) is 0 Å². The summed E-state index contributed by atoms with van der Waals surface area (Å²) in [5, 5.41) is 4.00. The molecule has 200 valence electrons. The van der Waals surface area contributed by atoms with E-state index in [0.29, 0.717) is 42.4 Å². The van der Waals surface area contributed by atoms with Gasteiger partial charge in [-0.25, -0.2) is 4.98 Å². The van der Waals surface area contributed by atoms with E-state index < -0.39 is 11.7 Å². The van der Waals surface area contributed by atoms with Crippen molar-refractivity contribution < 1.29 is 22.8 Å². The van der Waals surface area contributed by atoms with Crippen molar-refractivity contribution >= 4 is 35.3 Å². The second-order valence-corrected chi connectivity index (χ2v) is 10.8. The van der Waals surface area contributed by atoms with Crippen molar-refractivity contribution in [3.05, 3.63) is 70.4 Å². The van der Waals surface area contributed by atoms with Gasteiger partial charge in [0.2, 0.25) is 5.91 Å². The molecule has 0 aliphatic carbocycles. The van der Waals surface area contributed by atoms with Crippen molar-refractivity contribution in [3.63, 3.8) is 0 Å². The highest BCUT2D eigenvalue weighted by Crippen LogP contribution is 2.34. The molecular weight excluding hydrogens is 513 g/mol. The summed E-state index contributed by atoms with van der Waals surface area (Å²) >= 11 is 1.44. The van der Waals surface area contributed by atoms with Gasteiger partial charge in [-0.2, -0.15) is 13.2 Å². The van der Waals surface area contributed by atoms with E-state index in [9.17, 15) is 22.8 Å². The molecule has 2 aromatic heterocycles. The molecule has 2 aliphatic heterocycles. The number of aryl methyl sites for hydroxylation is 1. The van der Waals surface area contributed by atoms with Gasteiger partial charge >= 0.3 is 6.18 Å². The number of pyridine rings is 1. The van der Waals surface area contributed by atoms with Crippen LogP contribution in [0.5, 0.6) is 0 Å². The van der Waals surface area contributed by atoms with Gasteiger partial charge in [0.1, 0.15) is 5.65 Å². The van der Waals surface area contributed by atoms with E-state index in [4.69, 9.17) is 0 Å². The molecule has 2 amide bonds. The zero-order valence-electron chi connectivity index (χ0n) is 20.8. The average molecular weight is 543 g/mol. The molecule has 3 aromatic rings. The van der Waals surface area contributed by atoms with Crippen LogP contribution < -0.4 is 5.32 Å². The van der Waals surface area contributed by atoms with Gasteiger partial charge in [0.05, 0.1) is 27.4 Å². The Hall–Kier alpha value is -3.27. The summed E-state index contributed by atoms with van der Waals surface area (Å²) in [5.74, 6) is 0.402. The Morgan fingerprint density at radius 2 is 1.89 bits per heavy atom. The molecule has 0 saturated carbocycles. The Labute approximate surface area is 223 Å². The van der Waals surface area contributed by atoms with Gasteiger partial charge in [-0.3, -0.25) is 14.0 Å². The number of nitrogens with one attached hydrogen (secondary N) is 1. The number of halogens is 3. The third-order valence-corrected chi connectivity index (χ3v) is 8.21. The van der Waals surface area contributed by atoms with Gasteiger partial charge in [0.15, 0.2) is 0 Å². The first-order valence-electron chi connectivity index (χ1n) is 12.9. The Bertz CT molecular complexity index is 1360. The molecule has 10 heteroatoms. The highest BCUT2D eigenvalue weighted by atomic mass is 32.2. The van der Waals surface area contributed by atoms with E-state index in [1.54, 1.807) is 12.3 Å². The van der Waals surface area contributed by atoms with E-state index >= 15 is 0 Å². The average Bonchev–Trinajstić information content (AvgIpc) is 3.34. The first-order chi connectivity index (χ1) is 18.3. The van der Waals surface area contributed by atoms with E-state index in [-0.39, 0.29) is 18.2 Å². The summed E-state index contributed by atoms with van der Waals surface area (Å²) in [5.41, 5.74) is 1.61. The largest absolute Gasteiger partial charge is 0.416 e. The lowest BCUT2D eigenvalue weighted by atomic mass is 9.92. The lowest BCUT2D eigenvalue weighted by Gasteiger charge is -2.32. The van der Waals surface area contributed by atoms with Gasteiger partial charge in [0, 0.05) is 26.1 Å². The van der Waals surface area contributed by atoms with E-state index in [1.165, 1.54) is 17.8 Å². The second-order valence-electron chi connectivity index (χ2n) is 9.77. The van der Waals surface area contributed by atoms with Crippen molar-refractivity contribution in [1.29, 1.82) is 0 Å². The van der Waals surface area contributed by atoms with Crippen LogP contribution >= 0.6 is 11.8 Å². The molecule has 5 rings (SSSR count). The number of benzene rings is 1. The summed E-state index contributed by atoms with van der Waals surface area (Å²) in [6.45, 7) is 1.93. The number of likely N-dealkylation sites (tertiary alicyclic amines) is 1. The minimum atomic E-state index is -4.38. The second kappa shape index (κ2) is 11.2.